The van der Waals surface area contributed by atoms with Crippen molar-refractivity contribution >= 4 is 23.4 Å². The van der Waals surface area contributed by atoms with Crippen LogP contribution in [-0.4, -0.2) is 41.9 Å². The predicted octanol–water partition coefficient (Wildman–Crippen LogP) is 3.05. The molecule has 5 nitrogen and oxygen atoms in total. The van der Waals surface area contributed by atoms with E-state index in [2.05, 4.69) is 11.4 Å². The van der Waals surface area contributed by atoms with Crippen LogP contribution in [0.2, 0.25) is 5.02 Å². The minimum atomic E-state index is -0.497. The molecule has 4 rings (SSSR count). The summed E-state index contributed by atoms with van der Waals surface area (Å²) in [5.41, 5.74) is 8.31. The molecule has 1 saturated heterocycles. The lowest BCUT2D eigenvalue weighted by Gasteiger charge is -2.45. The van der Waals surface area contributed by atoms with E-state index < -0.39 is 6.04 Å². The van der Waals surface area contributed by atoms with Gasteiger partial charge in [-0.1, -0.05) is 54.1 Å². The van der Waals surface area contributed by atoms with Gasteiger partial charge >= 0.3 is 0 Å². The minimum absolute atomic E-state index is 0.0199. The lowest BCUT2D eigenvalue weighted by molar-refractivity contribution is -0.147. The van der Waals surface area contributed by atoms with E-state index in [-0.39, 0.29) is 29.8 Å². The molecule has 1 saturated carbocycles. The van der Waals surface area contributed by atoms with Crippen molar-refractivity contribution in [3.63, 3.8) is 0 Å². The first-order chi connectivity index (χ1) is 14.5. The number of rotatable bonds is 5. The molecule has 2 aliphatic rings. The van der Waals surface area contributed by atoms with Crippen LogP contribution in [0.15, 0.2) is 54.6 Å². The van der Waals surface area contributed by atoms with Gasteiger partial charge in [-0.05, 0) is 48.9 Å². The highest BCUT2D eigenvalue weighted by Crippen LogP contribution is 2.41. The van der Waals surface area contributed by atoms with E-state index in [1.807, 2.05) is 48.5 Å². The maximum atomic E-state index is 13.2. The summed E-state index contributed by atoms with van der Waals surface area (Å²) < 4.78 is 0. The lowest BCUT2D eigenvalue weighted by atomic mass is 9.68. The molecule has 30 heavy (non-hydrogen) atoms. The third-order valence-electron chi connectivity index (χ3n) is 6.69. The number of hydrogen-bond donors (Lipinski definition) is 2. The molecule has 2 fully saturated rings. The van der Waals surface area contributed by atoms with Gasteiger partial charge in [-0.3, -0.25) is 9.59 Å². The molecular formula is C24H28ClN3O2. The van der Waals surface area contributed by atoms with Crippen LogP contribution in [0, 0.1) is 0 Å². The topological polar surface area (TPSA) is 75.4 Å². The molecule has 0 spiro atoms. The fourth-order valence-corrected chi connectivity index (χ4v) is 5.12. The Morgan fingerprint density at radius 1 is 1.07 bits per heavy atom. The molecule has 1 aliphatic heterocycles. The number of amides is 2. The molecule has 0 bridgehead atoms. The first-order valence-electron chi connectivity index (χ1n) is 10.6. The van der Waals surface area contributed by atoms with Crippen molar-refractivity contribution in [2.75, 3.05) is 13.1 Å². The molecule has 0 aromatic heterocycles. The number of hydrogen-bond acceptors (Lipinski definition) is 3. The average molecular weight is 426 g/mol. The molecule has 2 aromatic carbocycles. The molecule has 3 N–H and O–H groups in total. The molecule has 2 amide bonds. The Kier molecular flexibility index (Phi) is 6.11. The smallest absolute Gasteiger partial charge is 0.246 e. The summed E-state index contributed by atoms with van der Waals surface area (Å²) in [6.07, 6.45) is 3.94. The molecular weight excluding hydrogens is 398 g/mol. The fourth-order valence-electron chi connectivity index (χ4n) is 4.93. The summed E-state index contributed by atoms with van der Waals surface area (Å²) in [4.78, 5) is 27.4. The van der Waals surface area contributed by atoms with Crippen molar-refractivity contribution in [1.82, 2.24) is 10.2 Å². The maximum Gasteiger partial charge on any atom is 0.246 e. The zero-order valence-electron chi connectivity index (χ0n) is 17.0. The highest BCUT2D eigenvalue weighted by molar-refractivity contribution is 6.30. The Morgan fingerprint density at radius 2 is 1.80 bits per heavy atom. The fraction of sp³-hybridized carbons (Fsp3) is 0.417. The summed E-state index contributed by atoms with van der Waals surface area (Å²) in [5, 5.41) is 3.60. The summed E-state index contributed by atoms with van der Waals surface area (Å²) in [6.45, 7) is 0.687. The van der Waals surface area contributed by atoms with Crippen LogP contribution < -0.4 is 11.1 Å². The number of benzene rings is 2. The van der Waals surface area contributed by atoms with Crippen molar-refractivity contribution < 1.29 is 9.59 Å². The van der Waals surface area contributed by atoms with Crippen molar-refractivity contribution in [1.29, 1.82) is 0 Å². The van der Waals surface area contributed by atoms with E-state index in [1.54, 1.807) is 4.90 Å². The van der Waals surface area contributed by atoms with Crippen molar-refractivity contribution in [2.45, 2.75) is 49.6 Å². The number of carbonyl (C=O) groups excluding carboxylic acids is 2. The standard InChI is InChI=1S/C24H28ClN3O2/c25-19-8-4-7-18(14-19)24(16-26)11-9-20(10-12-24)28-15-22(29)27-21(23(28)30)13-17-5-2-1-3-6-17/h1-8,14,20-21H,9-13,15-16,26H2,(H,27,29)/t20-,21-,24+/m0/s1. The SMILES string of the molecule is NC[C@]1(c2cccc(Cl)c2)CC[C@@H](N2CC(=O)N[C@@H](Cc3ccccc3)C2=O)CC1. The number of nitrogens with one attached hydrogen (secondary N) is 1. The monoisotopic (exact) mass is 425 g/mol. The van der Waals surface area contributed by atoms with Crippen LogP contribution in [0.5, 0.6) is 0 Å². The summed E-state index contributed by atoms with van der Waals surface area (Å²) in [5.74, 6) is -0.0625. The molecule has 158 valence electrons. The van der Waals surface area contributed by atoms with Crippen molar-refractivity contribution in [2.24, 2.45) is 5.73 Å². The second kappa shape index (κ2) is 8.78. The Bertz CT molecular complexity index is 910. The van der Waals surface area contributed by atoms with E-state index in [0.717, 1.165) is 31.2 Å². The molecule has 6 heteroatoms. The van der Waals surface area contributed by atoms with E-state index in [4.69, 9.17) is 17.3 Å². The zero-order valence-corrected chi connectivity index (χ0v) is 17.8. The lowest BCUT2D eigenvalue weighted by Crippen LogP contribution is -2.62. The van der Waals surface area contributed by atoms with Gasteiger partial charge in [-0.15, -0.1) is 0 Å². The zero-order chi connectivity index (χ0) is 21.1. The third kappa shape index (κ3) is 4.23. The first kappa shape index (κ1) is 20.9. The number of nitrogens with two attached hydrogens (primary N) is 1. The predicted molar refractivity (Wildman–Crippen MR) is 118 cm³/mol. The second-order valence-electron chi connectivity index (χ2n) is 8.50. The Balaban J connectivity index is 1.46. The Labute approximate surface area is 182 Å². The van der Waals surface area contributed by atoms with Gasteiger partial charge in [0.25, 0.3) is 0 Å². The maximum absolute atomic E-state index is 13.2. The quantitative estimate of drug-likeness (QED) is 0.773. The highest BCUT2D eigenvalue weighted by Gasteiger charge is 2.42. The van der Waals surface area contributed by atoms with E-state index in [1.165, 1.54) is 5.56 Å². The van der Waals surface area contributed by atoms with Crippen LogP contribution in [0.25, 0.3) is 0 Å². The number of nitrogens with zero attached hydrogens (tertiary/aromatic N) is 1. The van der Waals surface area contributed by atoms with Gasteiger partial charge in [0.2, 0.25) is 11.8 Å². The normalized spacial score (nSPS) is 27.1. The van der Waals surface area contributed by atoms with Gasteiger partial charge in [0.05, 0.1) is 6.54 Å². The molecule has 1 atom stereocenters. The van der Waals surface area contributed by atoms with Crippen LogP contribution in [0.1, 0.15) is 36.8 Å². The number of carbonyl (C=O) groups is 2. The number of piperazine rings is 1. The molecule has 0 radical (unpaired) electrons. The third-order valence-corrected chi connectivity index (χ3v) is 6.93. The average Bonchev–Trinajstić information content (AvgIpc) is 2.77. The largest absolute Gasteiger partial charge is 0.342 e. The van der Waals surface area contributed by atoms with Crippen molar-refractivity contribution in [3.8, 4) is 0 Å². The van der Waals surface area contributed by atoms with Gasteiger partial charge < -0.3 is 16.0 Å². The first-order valence-corrected chi connectivity index (χ1v) is 11.0. The minimum Gasteiger partial charge on any atom is -0.342 e. The van der Waals surface area contributed by atoms with E-state index >= 15 is 0 Å². The molecule has 2 aromatic rings. The van der Waals surface area contributed by atoms with E-state index in [9.17, 15) is 9.59 Å². The number of halogens is 1. The summed E-state index contributed by atoms with van der Waals surface area (Å²) in [6, 6.07) is 17.3. The van der Waals surface area contributed by atoms with Crippen LogP contribution in [-0.2, 0) is 21.4 Å². The molecule has 0 unspecified atom stereocenters. The van der Waals surface area contributed by atoms with Gasteiger partial charge in [-0.2, -0.15) is 0 Å². The van der Waals surface area contributed by atoms with E-state index in [0.29, 0.717) is 18.0 Å². The summed E-state index contributed by atoms with van der Waals surface area (Å²) >= 11 is 6.21. The van der Waals surface area contributed by atoms with Gasteiger partial charge in [0.1, 0.15) is 6.04 Å². The second-order valence-corrected chi connectivity index (χ2v) is 8.94. The summed E-state index contributed by atoms with van der Waals surface area (Å²) in [7, 11) is 0. The molecule has 1 heterocycles. The Hall–Kier alpha value is -2.37. The van der Waals surface area contributed by atoms with Gasteiger partial charge in [0, 0.05) is 29.4 Å². The Morgan fingerprint density at radius 3 is 2.47 bits per heavy atom. The highest BCUT2D eigenvalue weighted by atomic mass is 35.5. The molecule has 1 aliphatic carbocycles. The van der Waals surface area contributed by atoms with Gasteiger partial charge in [0.15, 0.2) is 0 Å². The van der Waals surface area contributed by atoms with Crippen molar-refractivity contribution in [3.05, 3.63) is 70.7 Å². The van der Waals surface area contributed by atoms with Crippen LogP contribution in [0.4, 0.5) is 0 Å². The van der Waals surface area contributed by atoms with Crippen LogP contribution >= 0.6 is 11.6 Å². The van der Waals surface area contributed by atoms with Gasteiger partial charge in [-0.25, -0.2) is 0 Å². The van der Waals surface area contributed by atoms with Crippen LogP contribution in [0.3, 0.4) is 0 Å².